The minimum absolute atomic E-state index is 0.0180. The van der Waals surface area contributed by atoms with Gasteiger partial charge in [0.05, 0.1) is 24.2 Å². The van der Waals surface area contributed by atoms with E-state index < -0.39 is 30.5 Å². The number of carboxylic acids is 1. The number of hydrogen-bond acceptors (Lipinski definition) is 8. The van der Waals surface area contributed by atoms with Gasteiger partial charge in [0.25, 0.3) is 0 Å². The van der Waals surface area contributed by atoms with Crippen LogP contribution in [0.25, 0.3) is 11.0 Å². The molecule has 0 amide bonds. The smallest absolute Gasteiger partial charge is 0.338 e. The second-order valence-electron chi connectivity index (χ2n) is 7.16. The molecule has 1 aliphatic rings. The molecule has 0 unspecified atom stereocenters. The zero-order valence-electron chi connectivity index (χ0n) is 16.2. The van der Waals surface area contributed by atoms with Gasteiger partial charge < -0.3 is 35.1 Å². The largest absolute Gasteiger partial charge is 0.478 e. The fourth-order valence-electron chi connectivity index (χ4n) is 3.61. The van der Waals surface area contributed by atoms with Crippen LogP contribution in [-0.4, -0.2) is 60.7 Å². The molecule has 0 bridgehead atoms. The third-order valence-electron chi connectivity index (χ3n) is 5.05. The van der Waals surface area contributed by atoms with E-state index in [2.05, 4.69) is 9.97 Å². The van der Waals surface area contributed by atoms with Crippen molar-refractivity contribution in [3.63, 3.8) is 0 Å². The van der Waals surface area contributed by atoms with Crippen molar-refractivity contribution in [2.75, 3.05) is 12.3 Å². The zero-order valence-corrected chi connectivity index (χ0v) is 16.2. The second-order valence-corrected chi connectivity index (χ2v) is 7.16. The monoisotopic (exact) mass is 414 g/mol. The minimum Gasteiger partial charge on any atom is -0.478 e. The minimum atomic E-state index is -1.32. The van der Waals surface area contributed by atoms with Gasteiger partial charge in [-0.15, -0.1) is 0 Å². The summed E-state index contributed by atoms with van der Waals surface area (Å²) in [6.45, 7) is 1.99. The van der Waals surface area contributed by atoms with E-state index in [0.717, 1.165) is 5.56 Å². The molecule has 3 aromatic rings. The molecule has 1 aromatic carbocycles. The van der Waals surface area contributed by atoms with Crippen LogP contribution in [0.5, 0.6) is 0 Å². The van der Waals surface area contributed by atoms with E-state index in [4.69, 9.17) is 15.2 Å². The molecule has 5 N–H and O–H groups in total. The van der Waals surface area contributed by atoms with Crippen molar-refractivity contribution in [1.82, 2.24) is 14.5 Å². The van der Waals surface area contributed by atoms with E-state index in [9.17, 15) is 20.1 Å². The highest BCUT2D eigenvalue weighted by molar-refractivity contribution is 6.06. The number of aromatic carboxylic acids is 1. The Morgan fingerprint density at radius 1 is 1.23 bits per heavy atom. The number of carboxylic acid groups (broad SMARTS) is 1. The maximum absolute atomic E-state index is 11.7. The fourth-order valence-corrected chi connectivity index (χ4v) is 3.61. The SMILES string of the molecule is Cc1nc(N)c2c(C(=O)O)cn([C@@H]3O[C@H](COCc4ccccc4)[C@@H](O)[C@H]3O)c2n1. The Bertz CT molecular complexity index is 1070. The summed E-state index contributed by atoms with van der Waals surface area (Å²) in [4.78, 5) is 20.0. The van der Waals surface area contributed by atoms with Crippen molar-refractivity contribution in [2.24, 2.45) is 0 Å². The fraction of sp³-hybridized carbons (Fsp3) is 0.350. The first-order valence-corrected chi connectivity index (χ1v) is 9.38. The van der Waals surface area contributed by atoms with Gasteiger partial charge in [-0.25, -0.2) is 14.8 Å². The first-order valence-electron chi connectivity index (χ1n) is 9.38. The molecule has 0 aliphatic carbocycles. The van der Waals surface area contributed by atoms with Gasteiger partial charge >= 0.3 is 5.97 Å². The Balaban J connectivity index is 1.58. The van der Waals surface area contributed by atoms with Crippen LogP contribution in [0.4, 0.5) is 5.82 Å². The molecule has 0 spiro atoms. The third-order valence-corrected chi connectivity index (χ3v) is 5.05. The molecule has 1 saturated heterocycles. The Morgan fingerprint density at radius 3 is 2.67 bits per heavy atom. The first-order chi connectivity index (χ1) is 14.4. The average molecular weight is 414 g/mol. The number of aryl methyl sites for hydroxylation is 1. The lowest BCUT2D eigenvalue weighted by Crippen LogP contribution is -2.33. The molecule has 10 heteroatoms. The Morgan fingerprint density at radius 2 is 1.97 bits per heavy atom. The molecular formula is C20H22N4O6. The molecule has 158 valence electrons. The van der Waals surface area contributed by atoms with Gasteiger partial charge in [0.15, 0.2) is 6.23 Å². The lowest BCUT2D eigenvalue weighted by Gasteiger charge is -2.17. The van der Waals surface area contributed by atoms with E-state index in [1.54, 1.807) is 6.92 Å². The van der Waals surface area contributed by atoms with E-state index in [-0.39, 0.29) is 29.0 Å². The number of aliphatic hydroxyl groups excluding tert-OH is 2. The van der Waals surface area contributed by atoms with Gasteiger partial charge in [0.1, 0.15) is 35.6 Å². The van der Waals surface area contributed by atoms with Crippen molar-refractivity contribution in [2.45, 2.75) is 38.1 Å². The summed E-state index contributed by atoms with van der Waals surface area (Å²) in [5.41, 5.74) is 6.98. The molecule has 0 saturated carbocycles. The summed E-state index contributed by atoms with van der Waals surface area (Å²) in [6.07, 6.45) is -3.12. The number of carbonyl (C=O) groups is 1. The van der Waals surface area contributed by atoms with E-state index in [1.165, 1.54) is 10.8 Å². The number of nitrogens with two attached hydrogens (primary N) is 1. The first kappa shape index (κ1) is 20.2. The van der Waals surface area contributed by atoms with E-state index >= 15 is 0 Å². The highest BCUT2D eigenvalue weighted by Crippen LogP contribution is 2.35. The molecule has 4 rings (SSSR count). The lowest BCUT2D eigenvalue weighted by molar-refractivity contribution is -0.0681. The van der Waals surface area contributed by atoms with Gasteiger partial charge in [0.2, 0.25) is 0 Å². The molecule has 30 heavy (non-hydrogen) atoms. The standard InChI is InChI=1S/C20H22N4O6/c1-10-22-17(21)14-12(20(27)28)7-24(18(14)23-10)19-16(26)15(25)13(30-19)9-29-8-11-5-3-2-4-6-11/h2-7,13,15-16,19,25-26H,8-9H2,1H3,(H,27,28)(H2,21,22,23)/t13-,15-,16-,19-/m1/s1. The van der Waals surface area contributed by atoms with Crippen LogP contribution >= 0.6 is 0 Å². The second kappa shape index (κ2) is 8.00. The van der Waals surface area contributed by atoms with Gasteiger partial charge in [-0.1, -0.05) is 30.3 Å². The molecule has 10 nitrogen and oxygen atoms in total. The van der Waals surface area contributed by atoms with Crippen molar-refractivity contribution >= 4 is 22.8 Å². The number of aliphatic hydroxyl groups is 2. The quantitative estimate of drug-likeness (QED) is 0.460. The number of fused-ring (bicyclic) bond motifs is 1. The maximum atomic E-state index is 11.7. The summed E-state index contributed by atoms with van der Waals surface area (Å²) < 4.78 is 12.8. The van der Waals surface area contributed by atoms with Crippen LogP contribution in [0.3, 0.4) is 0 Å². The topological polar surface area (TPSA) is 153 Å². The van der Waals surface area contributed by atoms with Crippen molar-refractivity contribution in [3.05, 3.63) is 53.5 Å². The lowest BCUT2D eigenvalue weighted by atomic mass is 10.1. The summed E-state index contributed by atoms with van der Waals surface area (Å²) in [5.74, 6) is -0.856. The predicted octanol–water partition coefficient (Wildman–Crippen LogP) is 0.856. The Kier molecular flexibility index (Phi) is 5.39. The molecular weight excluding hydrogens is 392 g/mol. The summed E-state index contributed by atoms with van der Waals surface area (Å²) in [5, 5.41) is 30.7. The molecule has 4 atom stereocenters. The van der Waals surface area contributed by atoms with E-state index in [1.807, 2.05) is 30.3 Å². The van der Waals surface area contributed by atoms with Gasteiger partial charge in [0, 0.05) is 6.20 Å². The molecule has 1 aliphatic heterocycles. The number of rotatable bonds is 6. The van der Waals surface area contributed by atoms with Crippen LogP contribution in [0.2, 0.25) is 0 Å². The average Bonchev–Trinajstić information content (AvgIpc) is 3.22. The van der Waals surface area contributed by atoms with Crippen molar-refractivity contribution in [1.29, 1.82) is 0 Å². The molecule has 2 aromatic heterocycles. The molecule has 1 fully saturated rings. The van der Waals surface area contributed by atoms with Crippen molar-refractivity contribution in [3.8, 4) is 0 Å². The highest BCUT2D eigenvalue weighted by Gasteiger charge is 2.44. The number of hydrogen-bond donors (Lipinski definition) is 4. The van der Waals surface area contributed by atoms with Crippen molar-refractivity contribution < 1.29 is 29.6 Å². The molecule has 0 radical (unpaired) electrons. The number of benzene rings is 1. The number of anilines is 1. The summed E-state index contributed by atoms with van der Waals surface area (Å²) in [6, 6.07) is 9.52. The number of ether oxygens (including phenoxy) is 2. The van der Waals surface area contributed by atoms with E-state index in [0.29, 0.717) is 12.4 Å². The van der Waals surface area contributed by atoms with Crippen LogP contribution < -0.4 is 5.73 Å². The van der Waals surface area contributed by atoms with Crippen LogP contribution in [0.15, 0.2) is 36.5 Å². The maximum Gasteiger partial charge on any atom is 0.338 e. The zero-order chi connectivity index (χ0) is 21.4. The molecule has 3 heterocycles. The van der Waals surface area contributed by atoms with Gasteiger partial charge in [-0.2, -0.15) is 0 Å². The van der Waals surface area contributed by atoms with Gasteiger partial charge in [-0.05, 0) is 12.5 Å². The third kappa shape index (κ3) is 3.61. The van der Waals surface area contributed by atoms with Crippen LogP contribution in [0, 0.1) is 6.92 Å². The summed E-state index contributed by atoms with van der Waals surface area (Å²) in [7, 11) is 0. The Hall–Kier alpha value is -3.05. The highest BCUT2D eigenvalue weighted by atomic mass is 16.6. The Labute approximate surface area is 171 Å². The van der Waals surface area contributed by atoms with Crippen LogP contribution in [-0.2, 0) is 16.1 Å². The number of nitrogens with zero attached hydrogens (tertiary/aromatic N) is 3. The normalized spacial score (nSPS) is 23.8. The van der Waals surface area contributed by atoms with Crippen LogP contribution in [0.1, 0.15) is 28.0 Å². The predicted molar refractivity (Wildman–Crippen MR) is 106 cm³/mol. The number of nitrogen functional groups attached to an aromatic ring is 1. The van der Waals surface area contributed by atoms with Gasteiger partial charge in [-0.3, -0.25) is 0 Å². The summed E-state index contributed by atoms with van der Waals surface area (Å²) >= 11 is 0. The number of aromatic nitrogens is 3.